The lowest BCUT2D eigenvalue weighted by Gasteiger charge is -2.37. The highest BCUT2D eigenvalue weighted by Gasteiger charge is 2.24. The van der Waals surface area contributed by atoms with Gasteiger partial charge in [0.15, 0.2) is 0 Å². The number of carbonyl (C=O) groups is 1. The van der Waals surface area contributed by atoms with Crippen LogP contribution in [0.15, 0.2) is 12.3 Å². The van der Waals surface area contributed by atoms with Gasteiger partial charge in [-0.05, 0) is 33.0 Å². The molecule has 1 amide bonds. The van der Waals surface area contributed by atoms with Crippen molar-refractivity contribution in [2.45, 2.75) is 19.4 Å². The number of primary amides is 1. The van der Waals surface area contributed by atoms with E-state index in [0.717, 1.165) is 13.0 Å². The van der Waals surface area contributed by atoms with Gasteiger partial charge in [0.2, 0.25) is 0 Å². The van der Waals surface area contributed by atoms with Crippen molar-refractivity contribution < 1.29 is 9.53 Å². The lowest BCUT2D eigenvalue weighted by molar-refractivity contribution is 0.0766. The largest absolute Gasteiger partial charge is 0.490 e. The van der Waals surface area contributed by atoms with Crippen molar-refractivity contribution in [1.29, 1.82) is 0 Å². The molecule has 5 nitrogen and oxygen atoms in total. The second kappa shape index (κ2) is 4.71. The highest BCUT2D eigenvalue weighted by atomic mass is 16.5. The van der Waals surface area contributed by atoms with Gasteiger partial charge in [0.25, 0.3) is 5.91 Å². The Hall–Kier alpha value is -1.62. The van der Waals surface area contributed by atoms with Gasteiger partial charge >= 0.3 is 0 Å². The molecular formula is C12H17N3O2. The molecule has 0 unspecified atom stereocenters. The first kappa shape index (κ1) is 11.9. The Morgan fingerprint density at radius 3 is 3.00 bits per heavy atom. The number of aryl methyl sites for hydroxylation is 1. The smallest absolute Gasteiger partial charge is 0.250 e. The van der Waals surface area contributed by atoms with Crippen LogP contribution in [-0.2, 0) is 0 Å². The van der Waals surface area contributed by atoms with Gasteiger partial charge in [0.05, 0.1) is 17.5 Å². The molecule has 2 N–H and O–H groups in total. The first-order valence-electron chi connectivity index (χ1n) is 5.67. The van der Waals surface area contributed by atoms with Crippen LogP contribution in [0.4, 0.5) is 0 Å². The molecule has 1 aliphatic rings. The Morgan fingerprint density at radius 1 is 1.71 bits per heavy atom. The number of ether oxygens (including phenoxy) is 1. The number of aromatic nitrogens is 1. The highest BCUT2D eigenvalue weighted by Crippen LogP contribution is 2.18. The second-order valence-electron chi connectivity index (χ2n) is 4.40. The molecular weight excluding hydrogens is 218 g/mol. The van der Waals surface area contributed by atoms with Crippen LogP contribution in [0.1, 0.15) is 22.5 Å². The third-order valence-corrected chi connectivity index (χ3v) is 3.21. The zero-order valence-corrected chi connectivity index (χ0v) is 10.1. The number of rotatable bonds is 4. The van der Waals surface area contributed by atoms with Gasteiger partial charge in [0.1, 0.15) is 12.4 Å². The van der Waals surface area contributed by atoms with Gasteiger partial charge in [-0.2, -0.15) is 0 Å². The zero-order valence-electron chi connectivity index (χ0n) is 10.1. The molecule has 0 saturated carbocycles. The minimum Gasteiger partial charge on any atom is -0.490 e. The molecule has 5 heteroatoms. The molecule has 1 fully saturated rings. The van der Waals surface area contributed by atoms with Crippen LogP contribution in [0.25, 0.3) is 0 Å². The molecule has 0 aromatic carbocycles. The second-order valence-corrected chi connectivity index (χ2v) is 4.40. The summed E-state index contributed by atoms with van der Waals surface area (Å²) in [5, 5.41) is 0. The fourth-order valence-electron chi connectivity index (χ4n) is 1.82. The van der Waals surface area contributed by atoms with Crippen molar-refractivity contribution in [3.8, 4) is 5.75 Å². The summed E-state index contributed by atoms with van der Waals surface area (Å²) in [7, 11) is 2.07. The molecule has 17 heavy (non-hydrogen) atoms. The van der Waals surface area contributed by atoms with Crippen LogP contribution in [0.5, 0.6) is 5.75 Å². The van der Waals surface area contributed by atoms with Crippen LogP contribution in [0.2, 0.25) is 0 Å². The number of hydrogen-bond donors (Lipinski definition) is 1. The topological polar surface area (TPSA) is 68.4 Å². The van der Waals surface area contributed by atoms with Crippen LogP contribution in [0, 0.1) is 6.92 Å². The van der Waals surface area contributed by atoms with Gasteiger partial charge in [0, 0.05) is 6.04 Å². The van der Waals surface area contributed by atoms with E-state index in [1.807, 2.05) is 0 Å². The quantitative estimate of drug-likeness (QED) is 0.828. The number of hydrogen-bond acceptors (Lipinski definition) is 4. The predicted molar refractivity (Wildman–Crippen MR) is 64.0 cm³/mol. The maximum Gasteiger partial charge on any atom is 0.250 e. The van der Waals surface area contributed by atoms with E-state index >= 15 is 0 Å². The number of likely N-dealkylation sites (N-methyl/N-ethyl adjacent to an activating group) is 1. The average molecular weight is 235 g/mol. The van der Waals surface area contributed by atoms with Crippen molar-refractivity contribution in [3.63, 3.8) is 0 Å². The molecule has 2 heterocycles. The molecule has 0 aliphatic carbocycles. The fraction of sp³-hybridized carbons (Fsp3) is 0.500. The van der Waals surface area contributed by atoms with Crippen molar-refractivity contribution >= 4 is 5.91 Å². The van der Waals surface area contributed by atoms with Crippen LogP contribution in [0.3, 0.4) is 0 Å². The molecule has 0 bridgehead atoms. The molecule has 1 atom stereocenters. The Kier molecular flexibility index (Phi) is 3.28. The van der Waals surface area contributed by atoms with Crippen molar-refractivity contribution in [2.75, 3.05) is 20.2 Å². The number of likely N-dealkylation sites (tertiary alicyclic amines) is 1. The standard InChI is InChI=1S/C12H17N3O2/c1-8-11(12(13)16)5-10(6-14-8)17-7-9-3-4-15(9)2/h5-6,9H,3-4,7H2,1-2H3,(H2,13,16)/t9-/m1/s1. The predicted octanol–water partition coefficient (Wildman–Crippen LogP) is 0.572. The summed E-state index contributed by atoms with van der Waals surface area (Å²) in [5.41, 5.74) is 6.31. The third-order valence-electron chi connectivity index (χ3n) is 3.21. The minimum atomic E-state index is -0.471. The molecule has 1 saturated heterocycles. The Morgan fingerprint density at radius 2 is 2.47 bits per heavy atom. The number of carbonyl (C=O) groups excluding carboxylic acids is 1. The summed E-state index contributed by atoms with van der Waals surface area (Å²) in [6, 6.07) is 2.12. The highest BCUT2D eigenvalue weighted by molar-refractivity contribution is 5.94. The van der Waals surface area contributed by atoms with E-state index in [2.05, 4.69) is 16.9 Å². The summed E-state index contributed by atoms with van der Waals surface area (Å²) < 4.78 is 5.61. The van der Waals surface area contributed by atoms with Crippen LogP contribution < -0.4 is 10.5 Å². The van der Waals surface area contributed by atoms with Crippen molar-refractivity contribution in [1.82, 2.24) is 9.88 Å². The maximum absolute atomic E-state index is 11.1. The molecule has 0 spiro atoms. The number of nitrogens with two attached hydrogens (primary N) is 1. The monoisotopic (exact) mass is 235 g/mol. The van der Waals surface area contributed by atoms with Gasteiger partial charge < -0.3 is 10.5 Å². The first-order valence-corrected chi connectivity index (χ1v) is 5.67. The molecule has 1 aromatic rings. The fourth-order valence-corrected chi connectivity index (χ4v) is 1.82. The van der Waals surface area contributed by atoms with E-state index in [1.165, 1.54) is 0 Å². The molecule has 1 aliphatic heterocycles. The Bertz CT molecular complexity index is 434. The summed E-state index contributed by atoms with van der Waals surface area (Å²) >= 11 is 0. The normalized spacial score (nSPS) is 19.8. The summed E-state index contributed by atoms with van der Waals surface area (Å²) in [5.74, 6) is 0.130. The lowest BCUT2D eigenvalue weighted by Crippen LogP contribution is -2.48. The van der Waals surface area contributed by atoms with Gasteiger partial charge in [-0.3, -0.25) is 14.7 Å². The van der Waals surface area contributed by atoms with E-state index in [4.69, 9.17) is 10.5 Å². The van der Waals surface area contributed by atoms with Gasteiger partial charge in [-0.25, -0.2) is 0 Å². The Balaban J connectivity index is 2.01. The summed E-state index contributed by atoms with van der Waals surface area (Å²) in [6.07, 6.45) is 2.78. The Labute approximate surface area is 101 Å². The maximum atomic E-state index is 11.1. The van der Waals surface area contributed by atoms with E-state index in [9.17, 15) is 4.79 Å². The zero-order chi connectivity index (χ0) is 12.4. The van der Waals surface area contributed by atoms with E-state index in [1.54, 1.807) is 19.2 Å². The van der Waals surface area contributed by atoms with Gasteiger partial charge in [-0.1, -0.05) is 0 Å². The van der Waals surface area contributed by atoms with Crippen molar-refractivity contribution in [3.05, 3.63) is 23.5 Å². The molecule has 92 valence electrons. The first-order chi connectivity index (χ1) is 8.08. The lowest BCUT2D eigenvalue weighted by atomic mass is 10.1. The van der Waals surface area contributed by atoms with Crippen LogP contribution in [-0.4, -0.2) is 42.0 Å². The van der Waals surface area contributed by atoms with Gasteiger partial charge in [-0.15, -0.1) is 0 Å². The summed E-state index contributed by atoms with van der Waals surface area (Å²) in [4.78, 5) is 17.5. The average Bonchev–Trinajstić information content (AvgIpc) is 2.29. The number of nitrogens with zero attached hydrogens (tertiary/aromatic N) is 2. The minimum absolute atomic E-state index is 0.421. The van der Waals surface area contributed by atoms with Crippen molar-refractivity contribution in [2.24, 2.45) is 5.73 Å². The molecule has 0 radical (unpaired) electrons. The SMILES string of the molecule is Cc1ncc(OC[C@H]2CCN2C)cc1C(N)=O. The van der Waals surface area contributed by atoms with E-state index < -0.39 is 5.91 Å². The summed E-state index contributed by atoms with van der Waals surface area (Å²) in [6.45, 7) is 3.50. The molecule has 1 aromatic heterocycles. The third kappa shape index (κ3) is 2.55. The van der Waals surface area contributed by atoms with Crippen LogP contribution >= 0.6 is 0 Å². The van der Waals surface area contributed by atoms with E-state index in [-0.39, 0.29) is 0 Å². The number of amides is 1. The molecule has 2 rings (SSSR count). The number of pyridine rings is 1. The van der Waals surface area contributed by atoms with E-state index in [0.29, 0.717) is 29.7 Å².